The van der Waals surface area contributed by atoms with Crippen molar-refractivity contribution in [3.63, 3.8) is 0 Å². The predicted molar refractivity (Wildman–Crippen MR) is 28.8 cm³/mol. The molecule has 4 N–H and O–H groups in total. The van der Waals surface area contributed by atoms with Crippen LogP contribution in [0.25, 0.3) is 0 Å². The van der Waals surface area contributed by atoms with Crippen LogP contribution in [0.3, 0.4) is 0 Å². The van der Waals surface area contributed by atoms with Crippen LogP contribution in [0, 0.1) is 0 Å². The van der Waals surface area contributed by atoms with E-state index < -0.39 is 18.0 Å². The van der Waals surface area contributed by atoms with Gasteiger partial charge in [0.05, 0.1) is 0 Å². The smallest absolute Gasteiger partial charge is 0.316 e. The summed E-state index contributed by atoms with van der Waals surface area (Å²) >= 11 is 0. The molecule has 0 spiro atoms. The molecule has 0 aromatic heterocycles. The number of nitrogens with one attached hydrogen (secondary N) is 2. The molecule has 1 aliphatic rings. The van der Waals surface area contributed by atoms with Gasteiger partial charge in [-0.25, -0.2) is 9.18 Å². The molecule has 1 heterocycles. The minimum atomic E-state index is -0.987. The molecule has 0 aliphatic carbocycles. The van der Waals surface area contributed by atoms with Crippen LogP contribution in [0.2, 0.25) is 0 Å². The Kier molecular flexibility index (Phi) is 1.35. The Morgan fingerprint density at radius 1 is 1.78 bits per heavy atom. The number of urea groups is 1. The lowest BCUT2D eigenvalue weighted by Crippen LogP contribution is -2.49. The van der Waals surface area contributed by atoms with Crippen LogP contribution in [0.5, 0.6) is 0 Å². The average Bonchev–Trinajstić information content (AvgIpc) is 1.80. The van der Waals surface area contributed by atoms with Crippen molar-refractivity contribution in [2.24, 2.45) is 5.73 Å². The van der Waals surface area contributed by atoms with Crippen LogP contribution in [0.1, 0.15) is 0 Å². The highest BCUT2D eigenvalue weighted by Crippen LogP contribution is 1.99. The molecule has 1 rings (SSSR count). The van der Waals surface area contributed by atoms with Crippen LogP contribution >= 0.6 is 0 Å². The molecular formula is C4H6FN3O. The molecule has 0 radical (unpaired) electrons. The molecule has 9 heavy (non-hydrogen) atoms. The molecule has 50 valence electrons. The fraction of sp³-hybridized carbons (Fsp3) is 0.250. The van der Waals surface area contributed by atoms with E-state index in [2.05, 4.69) is 10.6 Å². The number of nitrogens with two attached hydrogens (primary N) is 1. The van der Waals surface area contributed by atoms with E-state index in [0.717, 1.165) is 6.20 Å². The average molecular weight is 131 g/mol. The molecule has 0 bridgehead atoms. The number of amides is 2. The summed E-state index contributed by atoms with van der Waals surface area (Å²) in [6, 6.07) is -0.482. The minimum Gasteiger partial charge on any atom is -0.316 e. The molecule has 1 atom stereocenters. The lowest BCUT2D eigenvalue weighted by molar-refractivity contribution is 0.237. The zero-order valence-electron chi connectivity index (χ0n) is 4.52. The summed E-state index contributed by atoms with van der Waals surface area (Å²) in [5, 5.41) is 4.21. The van der Waals surface area contributed by atoms with Gasteiger partial charge in [-0.05, 0) is 0 Å². The first-order valence-corrected chi connectivity index (χ1v) is 2.38. The number of rotatable bonds is 0. The molecular weight excluding hydrogens is 125 g/mol. The molecule has 0 aromatic rings. The number of halogens is 1. The minimum absolute atomic E-state index is 0.482. The van der Waals surface area contributed by atoms with Gasteiger partial charge in [-0.2, -0.15) is 0 Å². The van der Waals surface area contributed by atoms with Crippen LogP contribution in [0.4, 0.5) is 9.18 Å². The summed E-state index contributed by atoms with van der Waals surface area (Å²) in [6.45, 7) is 0. The van der Waals surface area contributed by atoms with Crippen molar-refractivity contribution >= 4 is 6.03 Å². The van der Waals surface area contributed by atoms with Gasteiger partial charge in [-0.1, -0.05) is 0 Å². The molecule has 0 fully saturated rings. The highest BCUT2D eigenvalue weighted by Gasteiger charge is 2.15. The van der Waals surface area contributed by atoms with Gasteiger partial charge in [-0.3, -0.25) is 0 Å². The maximum atomic E-state index is 12.2. The third-order valence-corrected chi connectivity index (χ3v) is 0.925. The van der Waals surface area contributed by atoms with Crippen molar-refractivity contribution in [1.29, 1.82) is 0 Å². The van der Waals surface area contributed by atoms with Gasteiger partial charge in [0.15, 0.2) is 5.83 Å². The van der Waals surface area contributed by atoms with Crippen LogP contribution in [-0.4, -0.2) is 12.2 Å². The summed E-state index contributed by atoms with van der Waals surface area (Å²) in [5.74, 6) is -0.574. The van der Waals surface area contributed by atoms with E-state index in [0.29, 0.717) is 0 Å². The van der Waals surface area contributed by atoms with Crippen molar-refractivity contribution in [1.82, 2.24) is 10.6 Å². The summed E-state index contributed by atoms with van der Waals surface area (Å²) in [7, 11) is 0. The van der Waals surface area contributed by atoms with Crippen molar-refractivity contribution in [3.8, 4) is 0 Å². The van der Waals surface area contributed by atoms with E-state index in [4.69, 9.17) is 5.73 Å². The van der Waals surface area contributed by atoms with Crippen molar-refractivity contribution in [2.75, 3.05) is 0 Å². The summed E-state index contributed by atoms with van der Waals surface area (Å²) in [5.41, 5.74) is 5.05. The van der Waals surface area contributed by atoms with Gasteiger partial charge in [-0.15, -0.1) is 0 Å². The molecule has 0 saturated carbocycles. The predicted octanol–water partition coefficient (Wildman–Crippen LogP) is -0.605. The second-order valence-electron chi connectivity index (χ2n) is 1.62. The van der Waals surface area contributed by atoms with Crippen LogP contribution in [0.15, 0.2) is 12.0 Å². The summed E-state index contributed by atoms with van der Waals surface area (Å²) in [6.07, 6.45) is -0.0532. The van der Waals surface area contributed by atoms with Crippen LogP contribution < -0.4 is 16.4 Å². The highest BCUT2D eigenvalue weighted by molar-refractivity contribution is 5.76. The molecule has 0 saturated heterocycles. The first-order valence-electron chi connectivity index (χ1n) is 2.38. The lowest BCUT2D eigenvalue weighted by Gasteiger charge is -2.15. The Bertz CT molecular complexity index is 167. The normalized spacial score (nSPS) is 26.2. The van der Waals surface area contributed by atoms with Gasteiger partial charge < -0.3 is 16.4 Å². The Balaban J connectivity index is 2.67. The third kappa shape index (κ3) is 1.17. The van der Waals surface area contributed by atoms with Crippen molar-refractivity contribution < 1.29 is 9.18 Å². The van der Waals surface area contributed by atoms with E-state index in [1.165, 1.54) is 0 Å². The lowest BCUT2D eigenvalue weighted by atomic mass is 10.4. The summed E-state index contributed by atoms with van der Waals surface area (Å²) < 4.78 is 12.2. The zero-order valence-corrected chi connectivity index (χ0v) is 4.52. The highest BCUT2D eigenvalue weighted by atomic mass is 19.1. The second-order valence-corrected chi connectivity index (χ2v) is 1.62. The quantitative estimate of drug-likeness (QED) is 0.410. The molecule has 1 aliphatic heterocycles. The van der Waals surface area contributed by atoms with Gasteiger partial charge >= 0.3 is 6.03 Å². The maximum absolute atomic E-state index is 12.2. The Morgan fingerprint density at radius 2 is 2.44 bits per heavy atom. The van der Waals surface area contributed by atoms with Crippen LogP contribution in [-0.2, 0) is 0 Å². The van der Waals surface area contributed by atoms with E-state index in [1.54, 1.807) is 0 Å². The van der Waals surface area contributed by atoms with E-state index in [9.17, 15) is 9.18 Å². The summed E-state index contributed by atoms with van der Waals surface area (Å²) in [4.78, 5) is 10.3. The fourth-order valence-electron chi connectivity index (χ4n) is 0.476. The second kappa shape index (κ2) is 2.02. The van der Waals surface area contributed by atoms with Gasteiger partial charge in [0.2, 0.25) is 0 Å². The maximum Gasteiger partial charge on any atom is 0.320 e. The van der Waals surface area contributed by atoms with Gasteiger partial charge in [0, 0.05) is 6.20 Å². The van der Waals surface area contributed by atoms with E-state index in [1.807, 2.05) is 0 Å². The van der Waals surface area contributed by atoms with E-state index in [-0.39, 0.29) is 0 Å². The molecule has 1 unspecified atom stereocenters. The Morgan fingerprint density at radius 3 is 2.89 bits per heavy atom. The standard InChI is InChI=1S/C4H6FN3O/c5-2-1-7-4(9)8-3(2)6/h1,3H,6H2,(H2,7,8,9). The first kappa shape index (κ1) is 6.03. The monoisotopic (exact) mass is 131 g/mol. The molecule has 5 heteroatoms. The number of hydrogen-bond donors (Lipinski definition) is 3. The van der Waals surface area contributed by atoms with Crippen molar-refractivity contribution in [3.05, 3.63) is 12.0 Å². The first-order chi connectivity index (χ1) is 4.20. The number of hydrogen-bond acceptors (Lipinski definition) is 2. The Labute approximate surface area is 50.9 Å². The van der Waals surface area contributed by atoms with Gasteiger partial charge in [0.25, 0.3) is 0 Å². The fourth-order valence-corrected chi connectivity index (χ4v) is 0.476. The van der Waals surface area contributed by atoms with E-state index >= 15 is 0 Å². The Hall–Kier alpha value is -1.10. The topological polar surface area (TPSA) is 67.1 Å². The zero-order chi connectivity index (χ0) is 6.85. The number of carbonyl (C=O) groups is 1. The molecule has 0 aromatic carbocycles. The van der Waals surface area contributed by atoms with Gasteiger partial charge in [0.1, 0.15) is 6.17 Å². The van der Waals surface area contributed by atoms with Crippen molar-refractivity contribution in [2.45, 2.75) is 6.17 Å². The molecule has 4 nitrogen and oxygen atoms in total. The SMILES string of the molecule is NC1NC(=O)NC=C1F. The third-order valence-electron chi connectivity index (χ3n) is 0.925. The largest absolute Gasteiger partial charge is 0.320 e. The molecule has 2 amide bonds. The number of carbonyl (C=O) groups excluding carboxylic acids is 1.